The molecule has 0 aliphatic rings. The van der Waals surface area contributed by atoms with Crippen LogP contribution in [-0.4, -0.2) is 31.3 Å². The summed E-state index contributed by atoms with van der Waals surface area (Å²) < 4.78 is 45.0. The Balaban J connectivity index is 4.95. The van der Waals surface area contributed by atoms with Crippen LogP contribution in [0.25, 0.3) is 0 Å². The largest absolute Gasteiger partial charge is 0.454 e. The van der Waals surface area contributed by atoms with E-state index in [-0.39, 0.29) is 5.41 Å². The molecule has 0 aliphatic heterocycles. The van der Waals surface area contributed by atoms with Crippen molar-refractivity contribution in [2.24, 2.45) is 16.2 Å². The van der Waals surface area contributed by atoms with Gasteiger partial charge in [-0.2, -0.15) is 13.2 Å². The van der Waals surface area contributed by atoms with Crippen LogP contribution in [0.1, 0.15) is 61.3 Å². The molecule has 0 saturated heterocycles. The monoisotopic (exact) mass is 354 g/mol. The molecule has 0 saturated carbocycles. The number of halogens is 3. The van der Waals surface area contributed by atoms with Gasteiger partial charge in [-0.25, -0.2) is 4.79 Å². The highest BCUT2D eigenvalue weighted by Gasteiger charge is 2.48. The van der Waals surface area contributed by atoms with E-state index >= 15 is 0 Å². The van der Waals surface area contributed by atoms with Gasteiger partial charge in [0.1, 0.15) is 0 Å². The van der Waals surface area contributed by atoms with Crippen molar-refractivity contribution in [1.82, 2.24) is 0 Å². The predicted octanol–water partition coefficient (Wildman–Crippen LogP) is 4.51. The highest BCUT2D eigenvalue weighted by atomic mass is 19.4. The van der Waals surface area contributed by atoms with E-state index in [4.69, 9.17) is 4.74 Å². The Kier molecular flexibility index (Phi) is 7.33. The predicted molar refractivity (Wildman–Crippen MR) is 84.2 cm³/mol. The van der Waals surface area contributed by atoms with Crippen LogP contribution < -0.4 is 0 Å². The van der Waals surface area contributed by atoms with Crippen molar-refractivity contribution in [2.75, 3.05) is 13.2 Å². The van der Waals surface area contributed by atoms with E-state index in [1.165, 1.54) is 0 Å². The van der Waals surface area contributed by atoms with Crippen molar-refractivity contribution in [3.05, 3.63) is 0 Å². The topological polar surface area (TPSA) is 52.6 Å². The summed E-state index contributed by atoms with van der Waals surface area (Å²) >= 11 is 0. The third kappa shape index (κ3) is 7.09. The van der Waals surface area contributed by atoms with Crippen molar-refractivity contribution >= 4 is 11.9 Å². The van der Waals surface area contributed by atoms with E-state index in [1.54, 1.807) is 6.92 Å². The highest BCUT2D eigenvalue weighted by molar-refractivity contribution is 5.80. The lowest BCUT2D eigenvalue weighted by atomic mass is 9.60. The maximum absolute atomic E-state index is 12.6. The molecule has 0 heterocycles. The normalized spacial score (nSPS) is 15.6. The van der Waals surface area contributed by atoms with Crippen LogP contribution in [0.4, 0.5) is 13.2 Å². The molecule has 24 heavy (non-hydrogen) atoms. The Morgan fingerprint density at radius 1 is 0.917 bits per heavy atom. The van der Waals surface area contributed by atoms with Gasteiger partial charge in [-0.3, -0.25) is 4.79 Å². The Morgan fingerprint density at radius 2 is 1.42 bits per heavy atom. The number of hydrogen-bond acceptors (Lipinski definition) is 4. The second-order valence-electron chi connectivity index (χ2n) is 8.13. The first-order valence-corrected chi connectivity index (χ1v) is 7.94. The Bertz CT molecular complexity index is 450. The molecule has 0 radical (unpaired) electrons. The van der Waals surface area contributed by atoms with E-state index < -0.39 is 42.2 Å². The van der Waals surface area contributed by atoms with Gasteiger partial charge < -0.3 is 9.47 Å². The molecule has 0 fully saturated rings. The van der Waals surface area contributed by atoms with Crippen molar-refractivity contribution < 1.29 is 32.2 Å². The average Bonchev–Trinajstić information content (AvgIpc) is 2.39. The summed E-state index contributed by atoms with van der Waals surface area (Å²) in [7, 11) is 0. The minimum atomic E-state index is -4.61. The number of alkyl halides is 3. The van der Waals surface area contributed by atoms with Crippen molar-refractivity contribution in [3.63, 3.8) is 0 Å². The van der Waals surface area contributed by atoms with Gasteiger partial charge in [-0.1, -0.05) is 48.0 Å². The molecule has 0 aromatic rings. The fourth-order valence-electron chi connectivity index (χ4n) is 2.21. The molecule has 0 rings (SSSR count). The van der Waals surface area contributed by atoms with Crippen LogP contribution in [0.5, 0.6) is 0 Å². The second kappa shape index (κ2) is 7.74. The average molecular weight is 354 g/mol. The summed E-state index contributed by atoms with van der Waals surface area (Å²) in [5.41, 5.74) is -1.47. The van der Waals surface area contributed by atoms with Gasteiger partial charge in [0.05, 0.1) is 5.41 Å². The van der Waals surface area contributed by atoms with Gasteiger partial charge in [-0.05, 0) is 24.2 Å². The molecule has 0 spiro atoms. The molecule has 0 N–H and O–H groups in total. The summed E-state index contributed by atoms with van der Waals surface area (Å²) in [6.07, 6.45) is -3.24. The van der Waals surface area contributed by atoms with Crippen molar-refractivity contribution in [3.8, 4) is 0 Å². The molecule has 7 heteroatoms. The minimum absolute atomic E-state index is 0.127. The maximum Gasteiger partial charge on any atom is 0.422 e. The van der Waals surface area contributed by atoms with E-state index in [9.17, 15) is 22.8 Å². The lowest BCUT2D eigenvalue weighted by Gasteiger charge is -2.44. The van der Waals surface area contributed by atoms with E-state index in [0.717, 1.165) is 6.42 Å². The molecule has 4 nitrogen and oxygen atoms in total. The summed E-state index contributed by atoms with van der Waals surface area (Å²) in [5, 5.41) is 0. The Morgan fingerprint density at radius 3 is 1.79 bits per heavy atom. The molecule has 0 aromatic heterocycles. The van der Waals surface area contributed by atoms with Crippen LogP contribution in [0, 0.1) is 16.2 Å². The smallest absolute Gasteiger partial charge is 0.422 e. The zero-order valence-electron chi connectivity index (χ0n) is 15.6. The summed E-state index contributed by atoms with van der Waals surface area (Å²) in [6, 6.07) is 0. The SMILES string of the molecule is CCC(C)(C)CC(C)(C(=O)OCC(=O)OCC(F)(F)F)C(C)(C)C. The zero-order valence-corrected chi connectivity index (χ0v) is 15.6. The molecule has 0 aliphatic carbocycles. The molecular weight excluding hydrogens is 325 g/mol. The molecule has 0 bridgehead atoms. The second-order valence-corrected chi connectivity index (χ2v) is 8.13. The number of esters is 2. The molecule has 1 atom stereocenters. The van der Waals surface area contributed by atoms with Crippen LogP contribution in [-0.2, 0) is 19.1 Å². The van der Waals surface area contributed by atoms with Gasteiger partial charge >= 0.3 is 18.1 Å². The summed E-state index contributed by atoms with van der Waals surface area (Å²) in [4.78, 5) is 23.9. The van der Waals surface area contributed by atoms with Crippen LogP contribution >= 0.6 is 0 Å². The molecule has 142 valence electrons. The fourth-order valence-corrected chi connectivity index (χ4v) is 2.21. The van der Waals surface area contributed by atoms with Crippen LogP contribution in [0.15, 0.2) is 0 Å². The number of carbonyl (C=O) groups is 2. The maximum atomic E-state index is 12.6. The first-order chi connectivity index (χ1) is 10.5. The minimum Gasteiger partial charge on any atom is -0.454 e. The first kappa shape index (κ1) is 22.7. The lowest BCUT2D eigenvalue weighted by molar-refractivity contribution is -0.192. The van der Waals surface area contributed by atoms with E-state index in [0.29, 0.717) is 6.42 Å². The van der Waals surface area contributed by atoms with Crippen molar-refractivity contribution in [2.45, 2.75) is 67.5 Å². The van der Waals surface area contributed by atoms with Gasteiger partial charge in [-0.15, -0.1) is 0 Å². The fraction of sp³-hybridized carbons (Fsp3) is 0.882. The number of ether oxygens (including phenoxy) is 2. The van der Waals surface area contributed by atoms with Gasteiger partial charge in [0.15, 0.2) is 13.2 Å². The Labute approximate surface area is 142 Å². The van der Waals surface area contributed by atoms with E-state index in [1.807, 2.05) is 41.5 Å². The van der Waals surface area contributed by atoms with Gasteiger partial charge in [0.25, 0.3) is 0 Å². The zero-order chi connectivity index (χ0) is 19.4. The number of rotatable bonds is 7. The Hall–Kier alpha value is -1.27. The summed E-state index contributed by atoms with van der Waals surface area (Å²) in [5.74, 6) is -1.83. The third-order valence-corrected chi connectivity index (χ3v) is 4.61. The van der Waals surface area contributed by atoms with E-state index in [2.05, 4.69) is 4.74 Å². The highest BCUT2D eigenvalue weighted by Crippen LogP contribution is 2.48. The van der Waals surface area contributed by atoms with Gasteiger partial charge in [0, 0.05) is 0 Å². The number of carbonyl (C=O) groups excluding carboxylic acids is 2. The standard InChI is InChI=1S/C17H29F3O4/c1-8-15(5,6)10-16(7,14(2,3)4)13(22)23-9-12(21)24-11-17(18,19)20/h8-11H2,1-7H3. The van der Waals surface area contributed by atoms with Crippen LogP contribution in [0.2, 0.25) is 0 Å². The first-order valence-electron chi connectivity index (χ1n) is 7.94. The molecule has 0 aromatic carbocycles. The third-order valence-electron chi connectivity index (χ3n) is 4.61. The number of hydrogen-bond donors (Lipinski definition) is 0. The molecular formula is C17H29F3O4. The molecule has 1 unspecified atom stereocenters. The quantitative estimate of drug-likeness (QED) is 0.631. The molecule has 0 amide bonds. The summed E-state index contributed by atoms with van der Waals surface area (Å²) in [6.45, 7) is 11.0. The van der Waals surface area contributed by atoms with Crippen molar-refractivity contribution in [1.29, 1.82) is 0 Å². The lowest BCUT2D eigenvalue weighted by Crippen LogP contribution is -2.45. The van der Waals surface area contributed by atoms with Crippen LogP contribution in [0.3, 0.4) is 0 Å². The van der Waals surface area contributed by atoms with Gasteiger partial charge in [0.2, 0.25) is 0 Å².